The highest BCUT2D eigenvalue weighted by molar-refractivity contribution is 5.46. The predicted molar refractivity (Wildman–Crippen MR) is 71.2 cm³/mol. The van der Waals surface area contributed by atoms with Gasteiger partial charge >= 0.3 is 0 Å². The van der Waals surface area contributed by atoms with Gasteiger partial charge in [-0.25, -0.2) is 4.98 Å². The van der Waals surface area contributed by atoms with Gasteiger partial charge in [-0.05, 0) is 30.9 Å². The molecule has 2 aromatic rings. The number of aromatic nitrogens is 3. The lowest BCUT2D eigenvalue weighted by molar-refractivity contribution is 0.694. The van der Waals surface area contributed by atoms with Crippen LogP contribution in [0.2, 0.25) is 0 Å². The Morgan fingerprint density at radius 2 is 2.06 bits per heavy atom. The van der Waals surface area contributed by atoms with Crippen LogP contribution in [0.5, 0.6) is 0 Å². The molecule has 0 aliphatic heterocycles. The molecule has 1 aliphatic rings. The van der Waals surface area contributed by atoms with E-state index in [1.807, 2.05) is 29.9 Å². The average Bonchev–Trinajstić information content (AvgIpc) is 3.13. The second-order valence-electron chi connectivity index (χ2n) is 4.98. The number of nitrogens with zero attached hydrogens (tertiary/aromatic N) is 3. The maximum absolute atomic E-state index is 5.93. The van der Waals surface area contributed by atoms with Crippen LogP contribution in [-0.4, -0.2) is 14.8 Å². The molecule has 1 fully saturated rings. The maximum atomic E-state index is 5.93. The van der Waals surface area contributed by atoms with Crippen LogP contribution in [0.25, 0.3) is 0 Å². The van der Waals surface area contributed by atoms with E-state index in [9.17, 15) is 0 Å². The van der Waals surface area contributed by atoms with Crippen molar-refractivity contribution in [2.24, 2.45) is 7.05 Å². The quantitative estimate of drug-likeness (QED) is 0.835. The van der Waals surface area contributed by atoms with E-state index in [1.165, 1.54) is 18.4 Å². The standard InChI is InChI=1S/C14H18N4/c1-18-14(11-6-7-11)16-13(17-18)9-8-10-4-2-3-5-12(10)15/h2-5,11H,6-9,15H2,1H3. The summed E-state index contributed by atoms with van der Waals surface area (Å²) in [5, 5.41) is 4.48. The molecule has 0 spiro atoms. The fourth-order valence-corrected chi connectivity index (χ4v) is 2.26. The van der Waals surface area contributed by atoms with Crippen molar-refractivity contribution >= 4 is 5.69 Å². The Labute approximate surface area is 107 Å². The molecule has 1 aromatic heterocycles. The van der Waals surface area contributed by atoms with Crippen LogP contribution in [0.3, 0.4) is 0 Å². The van der Waals surface area contributed by atoms with Gasteiger partial charge in [0, 0.05) is 25.1 Å². The normalized spacial score (nSPS) is 14.9. The Bertz CT molecular complexity index is 555. The molecule has 0 saturated heterocycles. The minimum atomic E-state index is 0.651. The molecule has 0 amide bonds. The molecule has 0 radical (unpaired) electrons. The summed E-state index contributed by atoms with van der Waals surface area (Å²) >= 11 is 0. The van der Waals surface area contributed by atoms with Gasteiger partial charge in [0.05, 0.1) is 0 Å². The van der Waals surface area contributed by atoms with Crippen molar-refractivity contribution in [2.45, 2.75) is 31.6 Å². The van der Waals surface area contributed by atoms with Crippen LogP contribution in [0, 0.1) is 0 Å². The van der Waals surface area contributed by atoms with Gasteiger partial charge < -0.3 is 5.73 Å². The van der Waals surface area contributed by atoms with E-state index in [0.717, 1.165) is 30.2 Å². The number of benzene rings is 1. The van der Waals surface area contributed by atoms with Gasteiger partial charge in [-0.3, -0.25) is 4.68 Å². The van der Waals surface area contributed by atoms with Gasteiger partial charge in [0.15, 0.2) is 5.82 Å². The topological polar surface area (TPSA) is 56.7 Å². The molecule has 4 heteroatoms. The second kappa shape index (κ2) is 4.44. The Hall–Kier alpha value is -1.84. The van der Waals surface area contributed by atoms with Crippen LogP contribution in [0.1, 0.15) is 36.0 Å². The van der Waals surface area contributed by atoms with Crippen molar-refractivity contribution in [3.63, 3.8) is 0 Å². The molecule has 1 aromatic carbocycles. The Morgan fingerprint density at radius 3 is 2.78 bits per heavy atom. The number of para-hydroxylation sites is 1. The molecule has 2 N–H and O–H groups in total. The summed E-state index contributed by atoms with van der Waals surface area (Å²) in [6.45, 7) is 0. The molecule has 1 saturated carbocycles. The summed E-state index contributed by atoms with van der Waals surface area (Å²) in [5.41, 5.74) is 7.97. The van der Waals surface area contributed by atoms with Crippen LogP contribution >= 0.6 is 0 Å². The SMILES string of the molecule is Cn1nc(CCc2ccccc2N)nc1C1CC1. The molecular weight excluding hydrogens is 224 g/mol. The lowest BCUT2D eigenvalue weighted by atomic mass is 10.1. The third-order valence-corrected chi connectivity index (χ3v) is 3.46. The van der Waals surface area contributed by atoms with Crippen molar-refractivity contribution < 1.29 is 0 Å². The van der Waals surface area contributed by atoms with E-state index in [2.05, 4.69) is 16.1 Å². The lowest BCUT2D eigenvalue weighted by Crippen LogP contribution is -1.99. The molecule has 3 rings (SSSR count). The zero-order valence-electron chi connectivity index (χ0n) is 10.6. The molecular formula is C14H18N4. The first-order valence-corrected chi connectivity index (χ1v) is 6.47. The van der Waals surface area contributed by atoms with Gasteiger partial charge in [-0.2, -0.15) is 5.10 Å². The summed E-state index contributed by atoms with van der Waals surface area (Å²) in [5.74, 6) is 2.73. The van der Waals surface area contributed by atoms with Crippen molar-refractivity contribution in [3.8, 4) is 0 Å². The Kier molecular flexibility index (Phi) is 2.78. The van der Waals surface area contributed by atoms with Crippen LogP contribution in [0.4, 0.5) is 5.69 Å². The van der Waals surface area contributed by atoms with Crippen LogP contribution in [-0.2, 0) is 19.9 Å². The van der Waals surface area contributed by atoms with E-state index < -0.39 is 0 Å². The van der Waals surface area contributed by atoms with Gasteiger partial charge in [0.25, 0.3) is 0 Å². The molecule has 0 unspecified atom stereocenters. The summed E-state index contributed by atoms with van der Waals surface area (Å²) < 4.78 is 1.93. The van der Waals surface area contributed by atoms with Crippen molar-refractivity contribution in [1.82, 2.24) is 14.8 Å². The van der Waals surface area contributed by atoms with Gasteiger partial charge in [-0.1, -0.05) is 18.2 Å². The van der Waals surface area contributed by atoms with E-state index in [1.54, 1.807) is 0 Å². The third kappa shape index (κ3) is 2.23. The first-order chi connectivity index (χ1) is 8.74. The first kappa shape index (κ1) is 11.3. The van der Waals surface area contributed by atoms with Crippen LogP contribution in [0.15, 0.2) is 24.3 Å². The van der Waals surface area contributed by atoms with Gasteiger partial charge in [0.1, 0.15) is 5.82 Å². The van der Waals surface area contributed by atoms with Crippen LogP contribution < -0.4 is 5.73 Å². The van der Waals surface area contributed by atoms with E-state index >= 15 is 0 Å². The summed E-state index contributed by atoms with van der Waals surface area (Å²) in [6.07, 6.45) is 4.28. The summed E-state index contributed by atoms with van der Waals surface area (Å²) in [4.78, 5) is 4.63. The Balaban J connectivity index is 1.70. The highest BCUT2D eigenvalue weighted by Crippen LogP contribution is 2.38. The molecule has 4 nitrogen and oxygen atoms in total. The van der Waals surface area contributed by atoms with E-state index in [0.29, 0.717) is 5.92 Å². The average molecular weight is 242 g/mol. The fourth-order valence-electron chi connectivity index (χ4n) is 2.26. The molecule has 0 bridgehead atoms. The van der Waals surface area contributed by atoms with E-state index in [4.69, 9.17) is 5.73 Å². The number of nitrogens with two attached hydrogens (primary N) is 1. The number of hydrogen-bond donors (Lipinski definition) is 1. The number of rotatable bonds is 4. The number of nitrogen functional groups attached to an aromatic ring is 1. The maximum Gasteiger partial charge on any atom is 0.151 e. The third-order valence-electron chi connectivity index (χ3n) is 3.46. The van der Waals surface area contributed by atoms with Crippen molar-refractivity contribution in [2.75, 3.05) is 5.73 Å². The first-order valence-electron chi connectivity index (χ1n) is 6.47. The summed E-state index contributed by atoms with van der Waals surface area (Å²) in [6, 6.07) is 7.99. The second-order valence-corrected chi connectivity index (χ2v) is 4.98. The van der Waals surface area contributed by atoms with Gasteiger partial charge in [0.2, 0.25) is 0 Å². The van der Waals surface area contributed by atoms with Crippen molar-refractivity contribution in [3.05, 3.63) is 41.5 Å². The zero-order chi connectivity index (χ0) is 12.5. The van der Waals surface area contributed by atoms with Crippen molar-refractivity contribution in [1.29, 1.82) is 0 Å². The zero-order valence-corrected chi connectivity index (χ0v) is 10.6. The van der Waals surface area contributed by atoms with E-state index in [-0.39, 0.29) is 0 Å². The number of hydrogen-bond acceptors (Lipinski definition) is 3. The smallest absolute Gasteiger partial charge is 0.151 e. The summed E-state index contributed by atoms with van der Waals surface area (Å²) in [7, 11) is 1.99. The molecule has 1 aliphatic carbocycles. The minimum Gasteiger partial charge on any atom is -0.399 e. The highest BCUT2D eigenvalue weighted by atomic mass is 15.3. The lowest BCUT2D eigenvalue weighted by Gasteiger charge is -2.02. The number of aryl methyl sites for hydroxylation is 3. The Morgan fingerprint density at radius 1 is 1.28 bits per heavy atom. The molecule has 1 heterocycles. The molecule has 18 heavy (non-hydrogen) atoms. The monoisotopic (exact) mass is 242 g/mol. The molecule has 94 valence electrons. The van der Waals surface area contributed by atoms with Gasteiger partial charge in [-0.15, -0.1) is 0 Å². The molecule has 0 atom stereocenters. The number of anilines is 1. The predicted octanol–water partition coefficient (Wildman–Crippen LogP) is 2.06. The fraction of sp³-hybridized carbons (Fsp3) is 0.429. The largest absolute Gasteiger partial charge is 0.399 e. The highest BCUT2D eigenvalue weighted by Gasteiger charge is 2.28. The minimum absolute atomic E-state index is 0.651.